The highest BCUT2D eigenvalue weighted by molar-refractivity contribution is 5.88. The number of hydrogen-bond donors (Lipinski definition) is 0. The molecular weight excluding hydrogens is 246 g/mol. The second-order valence-corrected chi connectivity index (χ2v) is 4.22. The first-order valence-corrected chi connectivity index (χ1v) is 6.18. The predicted octanol–water partition coefficient (Wildman–Crippen LogP) is 2.45. The number of ether oxygens (including phenoxy) is 2. The molecular formula is C14H13NO4. The molecule has 1 aliphatic rings. The lowest BCUT2D eigenvalue weighted by Crippen LogP contribution is -2.04. The zero-order valence-electron chi connectivity index (χ0n) is 10.5. The Morgan fingerprint density at radius 1 is 1.42 bits per heavy atom. The van der Waals surface area contributed by atoms with Crippen molar-refractivity contribution in [2.75, 3.05) is 13.2 Å². The van der Waals surface area contributed by atoms with Gasteiger partial charge in [0.15, 0.2) is 11.5 Å². The first kappa shape index (κ1) is 11.8. The molecule has 0 unspecified atom stereocenters. The Balaban J connectivity index is 1.88. The minimum absolute atomic E-state index is 0.189. The van der Waals surface area contributed by atoms with Gasteiger partial charge in [-0.25, -0.2) is 4.79 Å². The van der Waals surface area contributed by atoms with Gasteiger partial charge in [-0.15, -0.1) is 0 Å². The van der Waals surface area contributed by atoms with E-state index in [2.05, 4.69) is 5.16 Å². The number of aromatic nitrogens is 1. The van der Waals surface area contributed by atoms with Crippen LogP contribution >= 0.6 is 0 Å². The van der Waals surface area contributed by atoms with Crippen LogP contribution in [0.25, 0.3) is 11.3 Å². The maximum absolute atomic E-state index is 11.5. The van der Waals surface area contributed by atoms with Gasteiger partial charge < -0.3 is 14.0 Å². The van der Waals surface area contributed by atoms with E-state index in [1.54, 1.807) is 13.0 Å². The summed E-state index contributed by atoms with van der Waals surface area (Å²) in [6.45, 7) is 2.78. The summed E-state index contributed by atoms with van der Waals surface area (Å²) in [5.74, 6) is 0.994. The van der Waals surface area contributed by atoms with Gasteiger partial charge in [0.25, 0.3) is 0 Å². The van der Waals surface area contributed by atoms with E-state index >= 15 is 0 Å². The van der Waals surface area contributed by atoms with E-state index in [0.29, 0.717) is 19.0 Å². The van der Waals surface area contributed by atoms with Crippen LogP contribution in [-0.4, -0.2) is 24.3 Å². The van der Waals surface area contributed by atoms with Crippen LogP contribution in [0.1, 0.15) is 23.0 Å². The van der Waals surface area contributed by atoms with E-state index in [0.717, 1.165) is 23.3 Å². The molecule has 1 aromatic heterocycles. The molecule has 1 aromatic carbocycles. The van der Waals surface area contributed by atoms with Crippen LogP contribution < -0.4 is 4.74 Å². The van der Waals surface area contributed by atoms with Gasteiger partial charge in [0, 0.05) is 18.1 Å². The lowest BCUT2D eigenvalue weighted by atomic mass is 10.1. The number of benzene rings is 1. The number of nitrogens with zero attached hydrogens (tertiary/aromatic N) is 1. The molecule has 0 saturated carbocycles. The molecule has 98 valence electrons. The van der Waals surface area contributed by atoms with E-state index in [1.807, 2.05) is 18.2 Å². The van der Waals surface area contributed by atoms with Gasteiger partial charge in [-0.05, 0) is 30.7 Å². The quantitative estimate of drug-likeness (QED) is 0.792. The summed E-state index contributed by atoms with van der Waals surface area (Å²) >= 11 is 0. The van der Waals surface area contributed by atoms with Crippen LogP contribution in [0.5, 0.6) is 5.75 Å². The van der Waals surface area contributed by atoms with Gasteiger partial charge in [0.05, 0.1) is 13.2 Å². The van der Waals surface area contributed by atoms with Crippen LogP contribution in [0, 0.1) is 0 Å². The van der Waals surface area contributed by atoms with Crippen LogP contribution in [0.4, 0.5) is 0 Å². The van der Waals surface area contributed by atoms with Gasteiger partial charge in [-0.3, -0.25) is 0 Å². The highest BCUT2D eigenvalue weighted by Gasteiger charge is 2.17. The third-order valence-corrected chi connectivity index (χ3v) is 2.97. The Morgan fingerprint density at radius 3 is 3.16 bits per heavy atom. The zero-order valence-corrected chi connectivity index (χ0v) is 10.5. The fraction of sp³-hybridized carbons (Fsp3) is 0.286. The largest absolute Gasteiger partial charge is 0.493 e. The molecule has 5 heteroatoms. The standard InChI is InChI=1S/C14H13NO4/c1-2-17-14(16)11-8-13(19-15-11)9-3-4-12-10(7-9)5-6-18-12/h3-4,7-8H,2,5-6H2,1H3. The number of esters is 1. The zero-order chi connectivity index (χ0) is 13.2. The number of fused-ring (bicyclic) bond motifs is 1. The van der Waals surface area contributed by atoms with Crippen molar-refractivity contribution in [3.63, 3.8) is 0 Å². The van der Waals surface area contributed by atoms with Crippen molar-refractivity contribution in [2.45, 2.75) is 13.3 Å². The van der Waals surface area contributed by atoms with Gasteiger partial charge in [0.2, 0.25) is 0 Å². The van der Waals surface area contributed by atoms with E-state index in [4.69, 9.17) is 14.0 Å². The summed E-state index contributed by atoms with van der Waals surface area (Å²) in [5, 5.41) is 3.72. The maximum atomic E-state index is 11.5. The summed E-state index contributed by atoms with van der Waals surface area (Å²) in [6, 6.07) is 7.39. The SMILES string of the molecule is CCOC(=O)c1cc(-c2ccc3c(c2)CCO3)on1. The van der Waals surface area contributed by atoms with Gasteiger partial charge in [0.1, 0.15) is 5.75 Å². The van der Waals surface area contributed by atoms with Crippen LogP contribution in [0.15, 0.2) is 28.8 Å². The molecule has 0 saturated heterocycles. The molecule has 0 bridgehead atoms. The molecule has 19 heavy (non-hydrogen) atoms. The summed E-state index contributed by atoms with van der Waals surface area (Å²) in [5.41, 5.74) is 2.22. The fourth-order valence-corrected chi connectivity index (χ4v) is 2.05. The summed E-state index contributed by atoms with van der Waals surface area (Å²) in [4.78, 5) is 11.5. The minimum Gasteiger partial charge on any atom is -0.493 e. The van der Waals surface area contributed by atoms with Crippen molar-refractivity contribution in [3.8, 4) is 17.1 Å². The number of rotatable bonds is 3. The van der Waals surface area contributed by atoms with E-state index < -0.39 is 5.97 Å². The molecule has 3 rings (SSSR count). The second-order valence-electron chi connectivity index (χ2n) is 4.22. The van der Waals surface area contributed by atoms with Crippen molar-refractivity contribution in [3.05, 3.63) is 35.5 Å². The van der Waals surface area contributed by atoms with Crippen molar-refractivity contribution >= 4 is 5.97 Å². The van der Waals surface area contributed by atoms with Crippen LogP contribution in [-0.2, 0) is 11.2 Å². The summed E-state index contributed by atoms with van der Waals surface area (Å²) < 4.78 is 15.5. The molecule has 0 radical (unpaired) electrons. The highest BCUT2D eigenvalue weighted by atomic mass is 16.5. The molecule has 1 aliphatic heterocycles. The van der Waals surface area contributed by atoms with E-state index in [1.165, 1.54) is 0 Å². The monoisotopic (exact) mass is 259 g/mol. The third kappa shape index (κ3) is 2.19. The van der Waals surface area contributed by atoms with Gasteiger partial charge in [-0.1, -0.05) is 5.16 Å². The predicted molar refractivity (Wildman–Crippen MR) is 67.1 cm³/mol. The van der Waals surface area contributed by atoms with E-state index in [9.17, 15) is 4.79 Å². The molecule has 0 amide bonds. The Bertz CT molecular complexity index is 618. The maximum Gasteiger partial charge on any atom is 0.360 e. The lowest BCUT2D eigenvalue weighted by Gasteiger charge is -2.00. The average Bonchev–Trinajstić information content (AvgIpc) is 3.07. The summed E-state index contributed by atoms with van der Waals surface area (Å²) in [6.07, 6.45) is 0.891. The molecule has 0 N–H and O–H groups in total. The normalized spacial score (nSPS) is 12.9. The minimum atomic E-state index is -0.470. The summed E-state index contributed by atoms with van der Waals surface area (Å²) in [7, 11) is 0. The molecule has 2 aromatic rings. The molecule has 0 aliphatic carbocycles. The number of carbonyl (C=O) groups excluding carboxylic acids is 1. The Hall–Kier alpha value is -2.30. The Labute approximate surface area is 110 Å². The number of hydrogen-bond acceptors (Lipinski definition) is 5. The fourth-order valence-electron chi connectivity index (χ4n) is 2.05. The topological polar surface area (TPSA) is 61.6 Å². The van der Waals surface area contributed by atoms with Crippen molar-refractivity contribution < 1.29 is 18.8 Å². The van der Waals surface area contributed by atoms with Crippen LogP contribution in [0.3, 0.4) is 0 Å². The highest BCUT2D eigenvalue weighted by Crippen LogP contribution is 2.30. The molecule has 5 nitrogen and oxygen atoms in total. The third-order valence-electron chi connectivity index (χ3n) is 2.97. The smallest absolute Gasteiger partial charge is 0.360 e. The molecule has 2 heterocycles. The first-order valence-electron chi connectivity index (χ1n) is 6.18. The Kier molecular flexibility index (Phi) is 2.95. The lowest BCUT2D eigenvalue weighted by molar-refractivity contribution is 0.0514. The number of carbonyl (C=O) groups is 1. The Morgan fingerprint density at radius 2 is 2.32 bits per heavy atom. The van der Waals surface area contributed by atoms with Crippen molar-refractivity contribution in [2.24, 2.45) is 0 Å². The van der Waals surface area contributed by atoms with Crippen molar-refractivity contribution in [1.29, 1.82) is 0 Å². The average molecular weight is 259 g/mol. The van der Waals surface area contributed by atoms with Crippen molar-refractivity contribution in [1.82, 2.24) is 5.16 Å². The molecule has 0 atom stereocenters. The van der Waals surface area contributed by atoms with Crippen LogP contribution in [0.2, 0.25) is 0 Å². The first-order chi connectivity index (χ1) is 9.28. The molecule has 0 fully saturated rings. The van der Waals surface area contributed by atoms with Gasteiger partial charge in [-0.2, -0.15) is 0 Å². The molecule has 0 spiro atoms. The van der Waals surface area contributed by atoms with Gasteiger partial charge >= 0.3 is 5.97 Å². The second kappa shape index (κ2) is 4.76. The van der Waals surface area contributed by atoms with E-state index in [-0.39, 0.29) is 5.69 Å².